The van der Waals surface area contributed by atoms with Gasteiger partial charge < -0.3 is 4.74 Å². The fourth-order valence-corrected chi connectivity index (χ4v) is 2.02. The van der Waals surface area contributed by atoms with Crippen molar-refractivity contribution in [1.82, 2.24) is 9.97 Å². The molecule has 16 heavy (non-hydrogen) atoms. The summed E-state index contributed by atoms with van der Waals surface area (Å²) in [4.78, 5) is 8.61. The minimum atomic E-state index is 0.561. The Morgan fingerprint density at radius 1 is 1.12 bits per heavy atom. The normalized spacial score (nSPS) is 10.2. The van der Waals surface area contributed by atoms with Gasteiger partial charge in [0.25, 0.3) is 0 Å². The maximum atomic E-state index is 5.19. The fraction of sp³-hybridized carbons (Fsp3) is 0.167. The lowest BCUT2D eigenvalue weighted by Crippen LogP contribution is -1.97. The number of rotatable bonds is 2. The van der Waals surface area contributed by atoms with Gasteiger partial charge in [-0.25, -0.2) is 4.98 Å². The van der Waals surface area contributed by atoms with Crippen LogP contribution >= 0.6 is 15.9 Å². The predicted molar refractivity (Wildman–Crippen MR) is 66.5 cm³/mol. The van der Waals surface area contributed by atoms with Gasteiger partial charge in [0.05, 0.1) is 12.8 Å². The SMILES string of the molecule is COc1nc(C)nc(-c2ccccc2)c1Br. The highest BCUT2D eigenvalue weighted by Gasteiger charge is 2.12. The number of benzene rings is 1. The molecule has 3 nitrogen and oxygen atoms in total. The van der Waals surface area contributed by atoms with E-state index in [1.54, 1.807) is 7.11 Å². The summed E-state index contributed by atoms with van der Waals surface area (Å²) in [5.41, 5.74) is 1.89. The molecule has 0 N–H and O–H groups in total. The van der Waals surface area contributed by atoms with Gasteiger partial charge in [0, 0.05) is 5.56 Å². The van der Waals surface area contributed by atoms with Crippen LogP contribution in [0, 0.1) is 6.92 Å². The van der Waals surface area contributed by atoms with Crippen LogP contribution in [0.15, 0.2) is 34.8 Å². The van der Waals surface area contributed by atoms with Crippen LogP contribution in [0.25, 0.3) is 11.3 Å². The first-order chi connectivity index (χ1) is 7.72. The zero-order valence-corrected chi connectivity index (χ0v) is 10.7. The number of hydrogen-bond acceptors (Lipinski definition) is 3. The Balaban J connectivity index is 2.61. The number of aryl methyl sites for hydroxylation is 1. The standard InChI is InChI=1S/C12H11BrN2O/c1-8-14-11(9-6-4-3-5-7-9)10(13)12(15-8)16-2/h3-7H,1-2H3. The van der Waals surface area contributed by atoms with Gasteiger partial charge in [0.1, 0.15) is 10.3 Å². The Bertz CT molecular complexity index is 500. The van der Waals surface area contributed by atoms with Gasteiger partial charge in [-0.15, -0.1) is 0 Å². The minimum absolute atomic E-state index is 0.561. The largest absolute Gasteiger partial charge is 0.480 e. The van der Waals surface area contributed by atoms with E-state index in [2.05, 4.69) is 25.9 Å². The summed E-state index contributed by atoms with van der Waals surface area (Å²) in [5, 5.41) is 0. The van der Waals surface area contributed by atoms with Crippen LogP contribution < -0.4 is 4.74 Å². The van der Waals surface area contributed by atoms with Crippen LogP contribution in [0.1, 0.15) is 5.82 Å². The van der Waals surface area contributed by atoms with Gasteiger partial charge in [0.15, 0.2) is 0 Å². The Labute approximate surface area is 103 Å². The molecule has 0 unspecified atom stereocenters. The number of methoxy groups -OCH3 is 1. The van der Waals surface area contributed by atoms with E-state index >= 15 is 0 Å². The lowest BCUT2D eigenvalue weighted by Gasteiger charge is -2.08. The molecular weight excluding hydrogens is 268 g/mol. The van der Waals surface area contributed by atoms with Gasteiger partial charge in [-0.1, -0.05) is 30.3 Å². The lowest BCUT2D eigenvalue weighted by atomic mass is 10.1. The Morgan fingerprint density at radius 3 is 2.44 bits per heavy atom. The van der Waals surface area contributed by atoms with Crippen LogP contribution in [0.2, 0.25) is 0 Å². The Hall–Kier alpha value is -1.42. The van der Waals surface area contributed by atoms with E-state index in [0.717, 1.165) is 15.7 Å². The molecule has 4 heteroatoms. The molecule has 1 heterocycles. The van der Waals surface area contributed by atoms with Crippen molar-refractivity contribution in [2.24, 2.45) is 0 Å². The monoisotopic (exact) mass is 278 g/mol. The van der Waals surface area contributed by atoms with Crippen molar-refractivity contribution in [3.63, 3.8) is 0 Å². The van der Waals surface area contributed by atoms with E-state index in [1.807, 2.05) is 37.3 Å². The number of hydrogen-bond donors (Lipinski definition) is 0. The maximum absolute atomic E-state index is 5.19. The van der Waals surface area contributed by atoms with Gasteiger partial charge in [0.2, 0.25) is 5.88 Å². The maximum Gasteiger partial charge on any atom is 0.231 e. The van der Waals surface area contributed by atoms with Gasteiger partial charge in [-0.3, -0.25) is 0 Å². The van der Waals surface area contributed by atoms with Crippen LogP contribution in [0.3, 0.4) is 0 Å². The molecule has 0 saturated heterocycles. The lowest BCUT2D eigenvalue weighted by molar-refractivity contribution is 0.393. The number of aromatic nitrogens is 2. The van der Waals surface area contributed by atoms with Crippen molar-refractivity contribution in [3.05, 3.63) is 40.6 Å². The quantitative estimate of drug-likeness (QED) is 0.846. The van der Waals surface area contributed by atoms with E-state index in [0.29, 0.717) is 11.7 Å². The highest BCUT2D eigenvalue weighted by atomic mass is 79.9. The average Bonchev–Trinajstić information content (AvgIpc) is 2.33. The second-order valence-electron chi connectivity index (χ2n) is 3.31. The van der Waals surface area contributed by atoms with Crippen molar-refractivity contribution >= 4 is 15.9 Å². The third kappa shape index (κ3) is 2.07. The summed E-state index contributed by atoms with van der Waals surface area (Å²) in [6, 6.07) is 9.94. The first kappa shape index (κ1) is 11.1. The summed E-state index contributed by atoms with van der Waals surface area (Å²) in [6.45, 7) is 1.85. The van der Waals surface area contributed by atoms with Crippen LogP contribution in [-0.4, -0.2) is 17.1 Å². The summed E-state index contributed by atoms with van der Waals surface area (Å²) in [7, 11) is 1.60. The van der Waals surface area contributed by atoms with E-state index in [9.17, 15) is 0 Å². The van der Waals surface area contributed by atoms with E-state index in [1.165, 1.54) is 0 Å². The zero-order chi connectivity index (χ0) is 11.5. The summed E-state index contributed by atoms with van der Waals surface area (Å²) in [6.07, 6.45) is 0. The van der Waals surface area contributed by atoms with E-state index < -0.39 is 0 Å². The van der Waals surface area contributed by atoms with E-state index in [4.69, 9.17) is 4.74 Å². The number of ether oxygens (including phenoxy) is 1. The van der Waals surface area contributed by atoms with E-state index in [-0.39, 0.29) is 0 Å². The van der Waals surface area contributed by atoms with Crippen LogP contribution in [-0.2, 0) is 0 Å². The van der Waals surface area contributed by atoms with Gasteiger partial charge in [-0.05, 0) is 22.9 Å². The highest BCUT2D eigenvalue weighted by Crippen LogP contribution is 2.32. The molecule has 0 aliphatic heterocycles. The first-order valence-corrected chi connectivity index (χ1v) is 5.65. The summed E-state index contributed by atoms with van der Waals surface area (Å²) < 4.78 is 5.97. The molecule has 0 saturated carbocycles. The third-order valence-electron chi connectivity index (χ3n) is 2.17. The van der Waals surface area contributed by atoms with Gasteiger partial charge in [-0.2, -0.15) is 4.98 Å². The topological polar surface area (TPSA) is 35.0 Å². The third-order valence-corrected chi connectivity index (χ3v) is 2.89. The molecule has 0 bridgehead atoms. The van der Waals surface area contributed by atoms with Crippen molar-refractivity contribution in [2.75, 3.05) is 7.11 Å². The summed E-state index contributed by atoms with van der Waals surface area (Å²) in [5.74, 6) is 1.25. The molecule has 0 fully saturated rings. The molecule has 1 aromatic heterocycles. The first-order valence-electron chi connectivity index (χ1n) is 4.86. The van der Waals surface area contributed by atoms with Crippen LogP contribution in [0.5, 0.6) is 5.88 Å². The number of halogens is 1. The van der Waals surface area contributed by atoms with Crippen molar-refractivity contribution in [1.29, 1.82) is 0 Å². The van der Waals surface area contributed by atoms with Crippen molar-refractivity contribution in [3.8, 4) is 17.1 Å². The molecule has 2 rings (SSSR count). The zero-order valence-electron chi connectivity index (χ0n) is 9.07. The molecule has 0 spiro atoms. The minimum Gasteiger partial charge on any atom is -0.480 e. The molecule has 1 aromatic carbocycles. The van der Waals surface area contributed by atoms with Crippen molar-refractivity contribution < 1.29 is 4.74 Å². The van der Waals surface area contributed by atoms with Gasteiger partial charge >= 0.3 is 0 Å². The molecule has 0 aliphatic rings. The fourth-order valence-electron chi connectivity index (χ4n) is 1.46. The second kappa shape index (κ2) is 4.61. The number of nitrogens with zero attached hydrogens (tertiary/aromatic N) is 2. The predicted octanol–water partition coefficient (Wildman–Crippen LogP) is 3.22. The molecule has 0 aliphatic carbocycles. The molecule has 82 valence electrons. The van der Waals surface area contributed by atoms with Crippen LogP contribution in [0.4, 0.5) is 0 Å². The Kier molecular flexibility index (Phi) is 3.19. The van der Waals surface area contributed by atoms with Crippen molar-refractivity contribution in [2.45, 2.75) is 6.92 Å². The highest BCUT2D eigenvalue weighted by molar-refractivity contribution is 9.10. The second-order valence-corrected chi connectivity index (χ2v) is 4.10. The smallest absolute Gasteiger partial charge is 0.231 e. The molecule has 0 amide bonds. The molecule has 0 radical (unpaired) electrons. The molecule has 0 atom stereocenters. The molecular formula is C12H11BrN2O. The average molecular weight is 279 g/mol. The molecule has 2 aromatic rings. The Morgan fingerprint density at radius 2 is 1.81 bits per heavy atom. The summed E-state index contributed by atoms with van der Waals surface area (Å²) >= 11 is 3.46.